The van der Waals surface area contributed by atoms with Crippen LogP contribution in [0.15, 0.2) is 30.5 Å². The Morgan fingerprint density at radius 1 is 1.27 bits per heavy atom. The van der Waals surface area contributed by atoms with Crippen LogP contribution in [0.2, 0.25) is 5.02 Å². The first kappa shape index (κ1) is 14.9. The Kier molecular flexibility index (Phi) is 4.08. The average Bonchev–Trinajstić information content (AvgIpc) is 3.17. The quantitative estimate of drug-likeness (QED) is 0.927. The number of hydrogen-bond acceptors (Lipinski definition) is 5. The van der Waals surface area contributed by atoms with Gasteiger partial charge in [-0.25, -0.2) is 0 Å². The van der Waals surface area contributed by atoms with Crippen molar-refractivity contribution >= 4 is 35.0 Å². The molecule has 3 rings (SSSR count). The molecule has 1 aliphatic rings. The third-order valence-corrected chi connectivity index (χ3v) is 4.70. The van der Waals surface area contributed by atoms with Crippen LogP contribution in [0.5, 0.6) is 0 Å². The first-order valence-corrected chi connectivity index (χ1v) is 7.76. The van der Waals surface area contributed by atoms with E-state index in [0.717, 1.165) is 17.1 Å². The number of hydrogen-bond donors (Lipinski definition) is 1. The van der Waals surface area contributed by atoms with Gasteiger partial charge in [0.25, 0.3) is 5.91 Å². The molecule has 22 heavy (non-hydrogen) atoms. The summed E-state index contributed by atoms with van der Waals surface area (Å²) in [7, 11) is 0. The number of carbonyl (C=O) groups is 2. The Morgan fingerprint density at radius 2 is 2.00 bits per heavy atom. The molecule has 8 heteroatoms. The topological polar surface area (TPSA) is 83.4 Å². The second-order valence-electron chi connectivity index (χ2n) is 5.09. The molecule has 1 N–H and O–H groups in total. The Bertz CT molecular complexity index is 690. The van der Waals surface area contributed by atoms with Crippen LogP contribution in [0.1, 0.15) is 21.2 Å². The first-order chi connectivity index (χ1) is 10.6. The summed E-state index contributed by atoms with van der Waals surface area (Å²) in [5.41, 5.74) is 0.870. The highest BCUT2D eigenvalue weighted by molar-refractivity contribution is 7.07. The third kappa shape index (κ3) is 2.82. The maximum Gasteiger partial charge on any atom is 0.308 e. The SMILES string of the molecule is O=C(O)[C@@H]1CN(C(=O)c2cnns2)C[C@H]1c1ccc(Cl)cc1. The lowest BCUT2D eigenvalue weighted by Gasteiger charge is -2.15. The Hall–Kier alpha value is -1.99. The normalized spacial score (nSPS) is 21.0. The summed E-state index contributed by atoms with van der Waals surface area (Å²) >= 11 is 6.88. The fourth-order valence-corrected chi connectivity index (χ4v) is 3.29. The lowest BCUT2D eigenvalue weighted by Crippen LogP contribution is -2.29. The zero-order chi connectivity index (χ0) is 15.7. The number of likely N-dealkylation sites (tertiary alicyclic amines) is 1. The molecule has 0 spiro atoms. The van der Waals surface area contributed by atoms with Crippen molar-refractivity contribution < 1.29 is 14.7 Å². The van der Waals surface area contributed by atoms with Gasteiger partial charge in [-0.1, -0.05) is 28.2 Å². The van der Waals surface area contributed by atoms with Crippen LogP contribution in [0.4, 0.5) is 0 Å². The average molecular weight is 338 g/mol. The molecule has 0 saturated carbocycles. The number of halogens is 1. The van der Waals surface area contributed by atoms with Crippen LogP contribution in [0.3, 0.4) is 0 Å². The molecule has 1 aromatic carbocycles. The van der Waals surface area contributed by atoms with Gasteiger partial charge in [-0.15, -0.1) is 5.10 Å². The van der Waals surface area contributed by atoms with E-state index in [1.165, 1.54) is 6.20 Å². The zero-order valence-electron chi connectivity index (χ0n) is 11.3. The number of aliphatic carboxylic acids is 1. The smallest absolute Gasteiger partial charge is 0.308 e. The summed E-state index contributed by atoms with van der Waals surface area (Å²) in [4.78, 5) is 25.8. The lowest BCUT2D eigenvalue weighted by molar-refractivity contribution is -0.141. The molecule has 0 radical (unpaired) electrons. The maximum atomic E-state index is 12.3. The number of aromatic nitrogens is 2. The van der Waals surface area contributed by atoms with Gasteiger partial charge in [0.05, 0.1) is 12.1 Å². The van der Waals surface area contributed by atoms with E-state index in [0.29, 0.717) is 16.4 Å². The molecule has 0 aliphatic carbocycles. The van der Waals surface area contributed by atoms with Gasteiger partial charge in [-0.2, -0.15) is 0 Å². The molecule has 1 fully saturated rings. The third-order valence-electron chi connectivity index (χ3n) is 3.79. The minimum absolute atomic E-state index is 0.180. The van der Waals surface area contributed by atoms with Crippen LogP contribution in [0.25, 0.3) is 0 Å². The molecule has 0 unspecified atom stereocenters. The van der Waals surface area contributed by atoms with Crippen molar-refractivity contribution in [2.75, 3.05) is 13.1 Å². The predicted octanol–water partition coefficient (Wildman–Crippen LogP) is 2.13. The van der Waals surface area contributed by atoms with Crippen molar-refractivity contribution in [3.8, 4) is 0 Å². The van der Waals surface area contributed by atoms with Crippen LogP contribution < -0.4 is 0 Å². The van der Waals surface area contributed by atoms with Gasteiger partial charge in [0.2, 0.25) is 0 Å². The van der Waals surface area contributed by atoms with Crippen molar-refractivity contribution in [2.24, 2.45) is 5.92 Å². The molecule has 2 heterocycles. The summed E-state index contributed by atoms with van der Waals surface area (Å²) in [5, 5.41) is 13.7. The fraction of sp³-hybridized carbons (Fsp3) is 0.286. The summed E-state index contributed by atoms with van der Waals surface area (Å²) < 4.78 is 3.67. The molecule has 1 aromatic heterocycles. The van der Waals surface area contributed by atoms with Crippen molar-refractivity contribution in [2.45, 2.75) is 5.92 Å². The molecule has 114 valence electrons. The molecule has 1 aliphatic heterocycles. The van der Waals surface area contributed by atoms with Crippen LogP contribution in [0, 0.1) is 5.92 Å². The van der Waals surface area contributed by atoms with Crippen molar-refractivity contribution in [1.29, 1.82) is 0 Å². The van der Waals surface area contributed by atoms with E-state index in [2.05, 4.69) is 9.59 Å². The zero-order valence-corrected chi connectivity index (χ0v) is 12.9. The maximum absolute atomic E-state index is 12.3. The number of carboxylic acid groups (broad SMARTS) is 1. The highest BCUT2D eigenvalue weighted by Gasteiger charge is 2.41. The standard InChI is InChI=1S/C14H12ClN3O3S/c15-9-3-1-8(2-4-9)10-6-18(7-11(10)14(20)21)13(19)12-5-16-17-22-12/h1-5,10-11H,6-7H2,(H,20,21)/t10-,11+/m0/s1. The molecule has 1 saturated heterocycles. The molecule has 1 amide bonds. The number of carboxylic acids is 1. The second-order valence-corrected chi connectivity index (χ2v) is 6.32. The van der Waals surface area contributed by atoms with Crippen molar-refractivity contribution in [3.63, 3.8) is 0 Å². The van der Waals surface area contributed by atoms with Gasteiger partial charge in [-0.3, -0.25) is 9.59 Å². The molecule has 2 atom stereocenters. The van der Waals surface area contributed by atoms with Crippen LogP contribution >= 0.6 is 23.1 Å². The largest absolute Gasteiger partial charge is 0.481 e. The number of nitrogens with zero attached hydrogens (tertiary/aromatic N) is 3. The monoisotopic (exact) mass is 337 g/mol. The van der Waals surface area contributed by atoms with Crippen LogP contribution in [-0.2, 0) is 4.79 Å². The van der Waals surface area contributed by atoms with E-state index in [1.54, 1.807) is 17.0 Å². The number of rotatable bonds is 3. The first-order valence-electron chi connectivity index (χ1n) is 6.61. The van der Waals surface area contributed by atoms with E-state index < -0.39 is 11.9 Å². The highest BCUT2D eigenvalue weighted by Crippen LogP contribution is 2.34. The summed E-state index contributed by atoms with van der Waals surface area (Å²) in [6, 6.07) is 7.08. The number of amides is 1. The molecule has 6 nitrogen and oxygen atoms in total. The molecular weight excluding hydrogens is 326 g/mol. The Labute approximate surface area is 135 Å². The number of benzene rings is 1. The van der Waals surface area contributed by atoms with E-state index in [-0.39, 0.29) is 18.4 Å². The van der Waals surface area contributed by atoms with Crippen LogP contribution in [-0.4, -0.2) is 44.6 Å². The molecular formula is C14H12ClN3O3S. The summed E-state index contributed by atoms with van der Waals surface area (Å²) in [6.45, 7) is 0.536. The van der Waals surface area contributed by atoms with E-state index in [9.17, 15) is 14.7 Å². The van der Waals surface area contributed by atoms with Gasteiger partial charge in [0, 0.05) is 24.0 Å². The summed E-state index contributed by atoms with van der Waals surface area (Å²) in [6.07, 6.45) is 1.40. The van der Waals surface area contributed by atoms with Gasteiger partial charge < -0.3 is 10.0 Å². The number of carbonyl (C=O) groups excluding carboxylic acids is 1. The highest BCUT2D eigenvalue weighted by atomic mass is 35.5. The van der Waals surface area contributed by atoms with E-state index in [1.807, 2.05) is 12.1 Å². The van der Waals surface area contributed by atoms with Crippen molar-refractivity contribution in [1.82, 2.24) is 14.5 Å². The predicted molar refractivity (Wildman–Crippen MR) is 81.1 cm³/mol. The van der Waals surface area contributed by atoms with Gasteiger partial charge in [-0.05, 0) is 29.2 Å². The van der Waals surface area contributed by atoms with Crippen molar-refractivity contribution in [3.05, 3.63) is 45.9 Å². The van der Waals surface area contributed by atoms with E-state index in [4.69, 9.17) is 11.6 Å². The van der Waals surface area contributed by atoms with Gasteiger partial charge >= 0.3 is 5.97 Å². The minimum atomic E-state index is -0.905. The Balaban J connectivity index is 1.85. The van der Waals surface area contributed by atoms with E-state index >= 15 is 0 Å². The minimum Gasteiger partial charge on any atom is -0.481 e. The molecule has 2 aromatic rings. The molecule has 0 bridgehead atoms. The second kappa shape index (κ2) is 6.02. The summed E-state index contributed by atoms with van der Waals surface area (Å²) in [5.74, 6) is -2.01. The van der Waals surface area contributed by atoms with Gasteiger partial charge in [0.1, 0.15) is 4.88 Å². The Morgan fingerprint density at radius 3 is 2.59 bits per heavy atom. The fourth-order valence-electron chi connectivity index (χ4n) is 2.68. The lowest BCUT2D eigenvalue weighted by atomic mass is 9.89. The van der Waals surface area contributed by atoms with Gasteiger partial charge in [0.15, 0.2) is 0 Å².